The van der Waals surface area contributed by atoms with E-state index in [1.807, 2.05) is 12.3 Å². The fourth-order valence-corrected chi connectivity index (χ4v) is 4.41. The van der Waals surface area contributed by atoms with Gasteiger partial charge in [0.2, 0.25) is 5.91 Å². The van der Waals surface area contributed by atoms with Gasteiger partial charge in [-0.3, -0.25) is 14.0 Å². The first-order valence-corrected chi connectivity index (χ1v) is 8.94. The fraction of sp³-hybridized carbons (Fsp3) is 0.500. The van der Waals surface area contributed by atoms with E-state index < -0.39 is 0 Å². The van der Waals surface area contributed by atoms with Gasteiger partial charge in [-0.2, -0.15) is 0 Å². The Hall–Kier alpha value is -1.34. The Balaban J connectivity index is 1.76. The summed E-state index contributed by atoms with van der Waals surface area (Å²) in [5.74, 6) is 0.711. The lowest BCUT2D eigenvalue weighted by Gasteiger charge is -2.12. The zero-order valence-electron chi connectivity index (χ0n) is 11.8. The van der Waals surface area contributed by atoms with E-state index in [2.05, 4.69) is 10.3 Å². The van der Waals surface area contributed by atoms with Gasteiger partial charge in [0, 0.05) is 29.4 Å². The molecule has 3 rings (SSSR count). The third-order valence-corrected chi connectivity index (χ3v) is 5.80. The van der Waals surface area contributed by atoms with Gasteiger partial charge in [-0.15, -0.1) is 23.1 Å². The SMILES string of the molecule is Cc1csc2nc(CS[C@@H]3CCCCNC3=O)cc(=O)n12. The average molecular weight is 323 g/mol. The molecular formula is C14H17N3O2S2. The molecule has 0 saturated carbocycles. The molecule has 3 heterocycles. The number of fused-ring (bicyclic) bond motifs is 1. The zero-order chi connectivity index (χ0) is 14.8. The highest BCUT2D eigenvalue weighted by atomic mass is 32.2. The van der Waals surface area contributed by atoms with Crippen LogP contribution in [0.3, 0.4) is 0 Å². The molecular weight excluding hydrogens is 306 g/mol. The highest BCUT2D eigenvalue weighted by Gasteiger charge is 2.21. The van der Waals surface area contributed by atoms with Crippen molar-refractivity contribution in [3.05, 3.63) is 33.2 Å². The first-order valence-electron chi connectivity index (χ1n) is 7.01. The molecule has 0 spiro atoms. The molecule has 1 atom stereocenters. The Kier molecular flexibility index (Phi) is 4.30. The van der Waals surface area contributed by atoms with Crippen LogP contribution in [0.15, 0.2) is 16.2 Å². The topological polar surface area (TPSA) is 63.5 Å². The first-order chi connectivity index (χ1) is 10.1. The minimum absolute atomic E-state index is 0.0298. The summed E-state index contributed by atoms with van der Waals surface area (Å²) >= 11 is 3.05. The number of hydrogen-bond donors (Lipinski definition) is 1. The van der Waals surface area contributed by atoms with Crippen LogP contribution in [0.4, 0.5) is 0 Å². The van der Waals surface area contributed by atoms with Crippen molar-refractivity contribution in [3.8, 4) is 0 Å². The molecule has 1 amide bonds. The van der Waals surface area contributed by atoms with Gasteiger partial charge in [0.05, 0.1) is 10.9 Å². The highest BCUT2D eigenvalue weighted by molar-refractivity contribution is 7.99. The van der Waals surface area contributed by atoms with Gasteiger partial charge in [-0.1, -0.05) is 6.42 Å². The lowest BCUT2D eigenvalue weighted by molar-refractivity contribution is -0.120. The molecule has 1 aliphatic heterocycles. The van der Waals surface area contributed by atoms with Crippen molar-refractivity contribution in [1.82, 2.24) is 14.7 Å². The van der Waals surface area contributed by atoms with Crippen LogP contribution in [0.25, 0.3) is 4.96 Å². The monoisotopic (exact) mass is 323 g/mol. The van der Waals surface area contributed by atoms with E-state index in [1.165, 1.54) is 11.3 Å². The lowest BCUT2D eigenvalue weighted by Crippen LogP contribution is -2.30. The number of carbonyl (C=O) groups excluding carboxylic acids is 1. The molecule has 21 heavy (non-hydrogen) atoms. The van der Waals surface area contributed by atoms with E-state index in [0.29, 0.717) is 5.75 Å². The number of nitrogens with zero attached hydrogens (tertiary/aromatic N) is 2. The van der Waals surface area contributed by atoms with Gasteiger partial charge < -0.3 is 5.32 Å². The van der Waals surface area contributed by atoms with E-state index >= 15 is 0 Å². The normalized spacial score (nSPS) is 19.5. The summed E-state index contributed by atoms with van der Waals surface area (Å²) in [5.41, 5.74) is 1.62. The van der Waals surface area contributed by atoms with Crippen LogP contribution >= 0.6 is 23.1 Å². The number of rotatable bonds is 3. The van der Waals surface area contributed by atoms with Gasteiger partial charge >= 0.3 is 0 Å². The Morgan fingerprint density at radius 1 is 1.48 bits per heavy atom. The van der Waals surface area contributed by atoms with E-state index in [-0.39, 0.29) is 16.7 Å². The molecule has 1 aliphatic rings. The number of hydrogen-bond acceptors (Lipinski definition) is 5. The molecule has 2 aromatic rings. The minimum Gasteiger partial charge on any atom is -0.355 e. The highest BCUT2D eigenvalue weighted by Crippen LogP contribution is 2.23. The zero-order valence-corrected chi connectivity index (χ0v) is 13.4. The lowest BCUT2D eigenvalue weighted by atomic mass is 10.2. The minimum atomic E-state index is -0.0420. The van der Waals surface area contributed by atoms with E-state index in [9.17, 15) is 9.59 Å². The van der Waals surface area contributed by atoms with Crippen molar-refractivity contribution in [1.29, 1.82) is 0 Å². The summed E-state index contributed by atoms with van der Waals surface area (Å²) in [6.07, 6.45) is 3.01. The van der Waals surface area contributed by atoms with Crippen molar-refractivity contribution in [3.63, 3.8) is 0 Å². The number of thioether (sulfide) groups is 1. The van der Waals surface area contributed by atoms with Gasteiger partial charge in [-0.25, -0.2) is 4.98 Å². The van der Waals surface area contributed by atoms with Crippen LogP contribution in [-0.2, 0) is 10.5 Å². The maximum absolute atomic E-state index is 12.1. The molecule has 5 nitrogen and oxygen atoms in total. The Bertz CT molecular complexity index is 723. The van der Waals surface area contributed by atoms with Crippen molar-refractivity contribution in [2.24, 2.45) is 0 Å². The molecule has 1 N–H and O–H groups in total. The second kappa shape index (κ2) is 6.19. The first kappa shape index (κ1) is 14.6. The number of carbonyl (C=O) groups is 1. The Morgan fingerprint density at radius 2 is 2.33 bits per heavy atom. The summed E-state index contributed by atoms with van der Waals surface area (Å²) in [6.45, 7) is 2.67. The van der Waals surface area contributed by atoms with Gasteiger partial charge in [0.25, 0.3) is 5.56 Å². The fourth-order valence-electron chi connectivity index (χ4n) is 2.43. The summed E-state index contributed by atoms with van der Waals surface area (Å²) in [6, 6.07) is 1.58. The average Bonchev–Trinajstić information content (AvgIpc) is 2.71. The molecule has 0 bridgehead atoms. The van der Waals surface area contributed by atoms with E-state index in [0.717, 1.165) is 42.2 Å². The molecule has 1 saturated heterocycles. The summed E-state index contributed by atoms with van der Waals surface area (Å²) < 4.78 is 1.62. The number of thiazole rings is 1. The molecule has 112 valence electrons. The van der Waals surface area contributed by atoms with Crippen molar-refractivity contribution in [2.75, 3.05) is 6.54 Å². The number of aryl methyl sites for hydroxylation is 1. The van der Waals surface area contributed by atoms with Crippen LogP contribution in [0.5, 0.6) is 0 Å². The molecule has 0 unspecified atom stereocenters. The predicted octanol–water partition coefficient (Wildman–Crippen LogP) is 1.97. The van der Waals surface area contributed by atoms with Crippen LogP contribution < -0.4 is 10.9 Å². The standard InChI is InChI=1S/C14H17N3O2S2/c1-9-7-21-14-16-10(6-12(18)17(9)14)8-20-11-4-2-3-5-15-13(11)19/h6-7,11H,2-5,8H2,1H3,(H,15,19)/t11-/m1/s1. The quantitative estimate of drug-likeness (QED) is 0.938. The second-order valence-electron chi connectivity index (χ2n) is 5.17. The number of aromatic nitrogens is 2. The molecule has 0 aromatic carbocycles. The Labute approximate surface area is 130 Å². The number of nitrogens with one attached hydrogen (secondary N) is 1. The van der Waals surface area contributed by atoms with E-state index in [1.54, 1.807) is 22.2 Å². The Morgan fingerprint density at radius 3 is 3.19 bits per heavy atom. The van der Waals surface area contributed by atoms with Crippen LogP contribution in [0.1, 0.15) is 30.7 Å². The second-order valence-corrected chi connectivity index (χ2v) is 7.19. The largest absolute Gasteiger partial charge is 0.355 e. The predicted molar refractivity (Wildman–Crippen MR) is 86.0 cm³/mol. The maximum atomic E-state index is 12.1. The summed E-state index contributed by atoms with van der Waals surface area (Å²) in [5, 5.41) is 4.83. The molecule has 7 heteroatoms. The van der Waals surface area contributed by atoms with Gasteiger partial charge in [0.1, 0.15) is 0 Å². The molecule has 1 fully saturated rings. The molecule has 0 aliphatic carbocycles. The third kappa shape index (κ3) is 3.13. The van der Waals surface area contributed by atoms with E-state index in [4.69, 9.17) is 0 Å². The summed E-state index contributed by atoms with van der Waals surface area (Å²) in [7, 11) is 0. The summed E-state index contributed by atoms with van der Waals surface area (Å²) in [4.78, 5) is 29.2. The van der Waals surface area contributed by atoms with Crippen molar-refractivity contribution >= 4 is 34.0 Å². The maximum Gasteiger partial charge on any atom is 0.258 e. The molecule has 2 aromatic heterocycles. The van der Waals surface area contributed by atoms with Crippen LogP contribution in [-0.4, -0.2) is 27.1 Å². The van der Waals surface area contributed by atoms with Crippen molar-refractivity contribution < 1.29 is 4.79 Å². The van der Waals surface area contributed by atoms with Gasteiger partial charge in [0.15, 0.2) is 4.96 Å². The van der Waals surface area contributed by atoms with Gasteiger partial charge in [-0.05, 0) is 19.8 Å². The van der Waals surface area contributed by atoms with Crippen molar-refractivity contribution in [2.45, 2.75) is 37.2 Å². The number of amides is 1. The van der Waals surface area contributed by atoms with Crippen LogP contribution in [0, 0.1) is 6.92 Å². The third-order valence-electron chi connectivity index (χ3n) is 3.55. The molecule has 0 radical (unpaired) electrons. The van der Waals surface area contributed by atoms with Crippen LogP contribution in [0.2, 0.25) is 0 Å². The smallest absolute Gasteiger partial charge is 0.258 e.